The molecular formula is C14H20N6. The number of nitrogen functional groups attached to an aromatic ring is 1. The van der Waals surface area contributed by atoms with Crippen molar-refractivity contribution in [3.8, 4) is 0 Å². The summed E-state index contributed by atoms with van der Waals surface area (Å²) in [7, 11) is 2.01. The number of nitrogens with zero attached hydrogens (tertiary/aromatic N) is 5. The third kappa shape index (κ3) is 2.45. The molecule has 0 radical (unpaired) electrons. The van der Waals surface area contributed by atoms with Gasteiger partial charge in [0.15, 0.2) is 0 Å². The van der Waals surface area contributed by atoms with Crippen LogP contribution in [0.3, 0.4) is 0 Å². The largest absolute Gasteiger partial charge is 0.368 e. The molecule has 20 heavy (non-hydrogen) atoms. The van der Waals surface area contributed by atoms with Crippen LogP contribution < -0.4 is 10.6 Å². The molecule has 1 aliphatic heterocycles. The van der Waals surface area contributed by atoms with Crippen molar-refractivity contribution in [1.29, 1.82) is 0 Å². The van der Waals surface area contributed by atoms with Crippen molar-refractivity contribution >= 4 is 11.8 Å². The summed E-state index contributed by atoms with van der Waals surface area (Å²) in [6.45, 7) is 3.93. The first-order chi connectivity index (χ1) is 9.63. The molecule has 2 N–H and O–H groups in total. The number of rotatable bonds is 2. The van der Waals surface area contributed by atoms with Gasteiger partial charge in [0, 0.05) is 49.7 Å². The Kier molecular flexibility index (Phi) is 3.30. The van der Waals surface area contributed by atoms with Gasteiger partial charge in [-0.3, -0.25) is 4.68 Å². The Labute approximate surface area is 118 Å². The molecule has 2 aromatic rings. The number of hydrogen-bond donors (Lipinski definition) is 1. The topological polar surface area (TPSA) is 72.9 Å². The summed E-state index contributed by atoms with van der Waals surface area (Å²) in [4.78, 5) is 10.8. The van der Waals surface area contributed by atoms with E-state index in [0.717, 1.165) is 37.4 Å². The van der Waals surface area contributed by atoms with Crippen LogP contribution in [0.1, 0.15) is 30.1 Å². The van der Waals surface area contributed by atoms with Gasteiger partial charge >= 0.3 is 0 Å². The maximum absolute atomic E-state index is 5.73. The minimum Gasteiger partial charge on any atom is -0.368 e. The van der Waals surface area contributed by atoms with E-state index in [9.17, 15) is 0 Å². The second-order valence-corrected chi connectivity index (χ2v) is 5.37. The van der Waals surface area contributed by atoms with Gasteiger partial charge in [-0.05, 0) is 25.8 Å². The molecule has 3 rings (SSSR count). The molecule has 0 aliphatic carbocycles. The van der Waals surface area contributed by atoms with Crippen molar-refractivity contribution in [2.75, 3.05) is 23.7 Å². The average Bonchev–Trinajstić information content (AvgIpc) is 2.84. The highest BCUT2D eigenvalue weighted by molar-refractivity contribution is 5.43. The van der Waals surface area contributed by atoms with Gasteiger partial charge in [0.2, 0.25) is 5.95 Å². The molecule has 1 aliphatic rings. The Bertz CT molecular complexity index is 577. The molecule has 0 atom stereocenters. The lowest BCUT2D eigenvalue weighted by Crippen LogP contribution is -2.34. The lowest BCUT2D eigenvalue weighted by molar-refractivity contribution is 0.475. The Balaban J connectivity index is 1.71. The zero-order chi connectivity index (χ0) is 14.1. The predicted octanol–water partition coefficient (Wildman–Crippen LogP) is 1.48. The second kappa shape index (κ2) is 5.11. The van der Waals surface area contributed by atoms with E-state index in [1.54, 1.807) is 0 Å². The van der Waals surface area contributed by atoms with Crippen LogP contribution in [-0.2, 0) is 7.05 Å². The zero-order valence-electron chi connectivity index (χ0n) is 12.0. The van der Waals surface area contributed by atoms with Crippen LogP contribution in [-0.4, -0.2) is 32.8 Å². The van der Waals surface area contributed by atoms with E-state index in [0.29, 0.717) is 11.9 Å². The molecule has 1 fully saturated rings. The molecule has 0 unspecified atom stereocenters. The molecule has 0 bridgehead atoms. The normalized spacial score (nSPS) is 16.6. The van der Waals surface area contributed by atoms with Gasteiger partial charge in [0.05, 0.1) is 0 Å². The monoisotopic (exact) mass is 272 g/mol. The van der Waals surface area contributed by atoms with E-state index in [1.165, 1.54) is 5.69 Å². The van der Waals surface area contributed by atoms with Crippen molar-refractivity contribution in [1.82, 2.24) is 19.7 Å². The van der Waals surface area contributed by atoms with Gasteiger partial charge < -0.3 is 10.6 Å². The van der Waals surface area contributed by atoms with Gasteiger partial charge in [-0.2, -0.15) is 10.1 Å². The fourth-order valence-electron chi connectivity index (χ4n) is 2.93. The third-order valence-electron chi connectivity index (χ3n) is 3.95. The molecule has 0 aromatic carbocycles. The Hall–Kier alpha value is -2.11. The van der Waals surface area contributed by atoms with Gasteiger partial charge in [-0.15, -0.1) is 0 Å². The van der Waals surface area contributed by atoms with Crippen LogP contribution >= 0.6 is 0 Å². The van der Waals surface area contributed by atoms with E-state index in [2.05, 4.69) is 26.0 Å². The molecule has 0 spiro atoms. The molecule has 1 saturated heterocycles. The molecule has 0 amide bonds. The minimum atomic E-state index is 0.355. The van der Waals surface area contributed by atoms with Crippen molar-refractivity contribution in [2.45, 2.75) is 25.7 Å². The van der Waals surface area contributed by atoms with Crippen LogP contribution in [0, 0.1) is 6.92 Å². The Morgan fingerprint density at radius 1 is 1.25 bits per heavy atom. The fourth-order valence-corrected chi connectivity index (χ4v) is 2.93. The average molecular weight is 272 g/mol. The minimum absolute atomic E-state index is 0.355. The van der Waals surface area contributed by atoms with Crippen LogP contribution in [0.5, 0.6) is 0 Å². The molecule has 2 aromatic heterocycles. The van der Waals surface area contributed by atoms with Crippen LogP contribution in [0.15, 0.2) is 18.3 Å². The summed E-state index contributed by atoms with van der Waals surface area (Å²) in [5, 5.41) is 4.26. The van der Waals surface area contributed by atoms with E-state index in [1.807, 2.05) is 30.9 Å². The SMILES string of the molecule is Cc1cc(N2CCC(c3ccnn3C)CC2)nc(N)n1. The number of anilines is 2. The molecule has 6 nitrogen and oxygen atoms in total. The smallest absolute Gasteiger partial charge is 0.222 e. The number of nitrogens with two attached hydrogens (primary N) is 1. The number of hydrogen-bond acceptors (Lipinski definition) is 5. The van der Waals surface area contributed by atoms with Gasteiger partial charge in [-0.1, -0.05) is 0 Å². The molecule has 0 saturated carbocycles. The fraction of sp³-hybridized carbons (Fsp3) is 0.500. The van der Waals surface area contributed by atoms with E-state index < -0.39 is 0 Å². The number of piperidine rings is 1. The van der Waals surface area contributed by atoms with Crippen molar-refractivity contribution in [3.63, 3.8) is 0 Å². The number of aryl methyl sites for hydroxylation is 2. The summed E-state index contributed by atoms with van der Waals surface area (Å²) in [5.41, 5.74) is 7.97. The predicted molar refractivity (Wildman–Crippen MR) is 78.6 cm³/mol. The highest BCUT2D eigenvalue weighted by Gasteiger charge is 2.23. The summed E-state index contributed by atoms with van der Waals surface area (Å²) < 4.78 is 1.98. The quantitative estimate of drug-likeness (QED) is 0.896. The summed E-state index contributed by atoms with van der Waals surface area (Å²) in [5.74, 6) is 1.88. The lowest BCUT2D eigenvalue weighted by Gasteiger charge is -2.32. The first-order valence-corrected chi connectivity index (χ1v) is 6.97. The van der Waals surface area contributed by atoms with E-state index >= 15 is 0 Å². The highest BCUT2D eigenvalue weighted by Crippen LogP contribution is 2.29. The molecular weight excluding hydrogens is 252 g/mol. The standard InChI is InChI=1S/C14H20N6/c1-10-9-13(18-14(15)17-10)20-7-4-11(5-8-20)12-3-6-16-19(12)2/h3,6,9,11H,4-5,7-8H2,1-2H3,(H2,15,17,18). The van der Waals surface area contributed by atoms with Gasteiger partial charge in [0.25, 0.3) is 0 Å². The summed E-state index contributed by atoms with van der Waals surface area (Å²) in [6.07, 6.45) is 4.10. The van der Waals surface area contributed by atoms with Crippen LogP contribution in [0.2, 0.25) is 0 Å². The first kappa shape index (κ1) is 12.9. The molecule has 106 valence electrons. The molecule has 6 heteroatoms. The summed E-state index contributed by atoms with van der Waals surface area (Å²) in [6, 6.07) is 4.12. The number of aromatic nitrogens is 4. The van der Waals surface area contributed by atoms with E-state index in [4.69, 9.17) is 5.73 Å². The zero-order valence-corrected chi connectivity index (χ0v) is 12.0. The van der Waals surface area contributed by atoms with Crippen LogP contribution in [0.25, 0.3) is 0 Å². The van der Waals surface area contributed by atoms with Crippen molar-refractivity contribution in [3.05, 3.63) is 29.7 Å². The molecule has 3 heterocycles. The maximum Gasteiger partial charge on any atom is 0.222 e. The van der Waals surface area contributed by atoms with Crippen LogP contribution in [0.4, 0.5) is 11.8 Å². The third-order valence-corrected chi connectivity index (χ3v) is 3.95. The maximum atomic E-state index is 5.73. The highest BCUT2D eigenvalue weighted by atomic mass is 15.3. The van der Waals surface area contributed by atoms with Crippen molar-refractivity contribution in [2.24, 2.45) is 7.05 Å². The lowest BCUT2D eigenvalue weighted by atomic mass is 9.93. The van der Waals surface area contributed by atoms with Crippen molar-refractivity contribution < 1.29 is 0 Å². The second-order valence-electron chi connectivity index (χ2n) is 5.37. The Morgan fingerprint density at radius 2 is 2.00 bits per heavy atom. The first-order valence-electron chi connectivity index (χ1n) is 6.97. The van der Waals surface area contributed by atoms with Gasteiger partial charge in [-0.25, -0.2) is 4.98 Å². The summed E-state index contributed by atoms with van der Waals surface area (Å²) >= 11 is 0. The van der Waals surface area contributed by atoms with Gasteiger partial charge in [0.1, 0.15) is 5.82 Å². The van der Waals surface area contributed by atoms with E-state index in [-0.39, 0.29) is 0 Å². The Morgan fingerprint density at radius 3 is 2.60 bits per heavy atom.